The van der Waals surface area contributed by atoms with E-state index in [2.05, 4.69) is 5.32 Å². The van der Waals surface area contributed by atoms with Crippen LogP contribution in [0.3, 0.4) is 0 Å². The molecular formula is C18H26N2O2. The fourth-order valence-corrected chi connectivity index (χ4v) is 2.84. The smallest absolute Gasteiger partial charge is 0.226 e. The highest BCUT2D eigenvalue weighted by molar-refractivity contribution is 5.83. The molecule has 1 aromatic rings. The van der Waals surface area contributed by atoms with Crippen molar-refractivity contribution in [3.63, 3.8) is 0 Å². The highest BCUT2D eigenvalue weighted by Crippen LogP contribution is 2.31. The monoisotopic (exact) mass is 302 g/mol. The molecule has 4 heteroatoms. The molecule has 0 spiro atoms. The van der Waals surface area contributed by atoms with Gasteiger partial charge in [0.25, 0.3) is 0 Å². The minimum atomic E-state index is -0.363. The van der Waals surface area contributed by atoms with Gasteiger partial charge in [0.1, 0.15) is 0 Å². The van der Waals surface area contributed by atoms with Crippen LogP contribution in [0, 0.1) is 5.41 Å². The minimum absolute atomic E-state index is 0.0962. The Balaban J connectivity index is 1.84. The van der Waals surface area contributed by atoms with Gasteiger partial charge in [-0.05, 0) is 24.8 Å². The summed E-state index contributed by atoms with van der Waals surface area (Å²) in [5.41, 5.74) is 0.743. The zero-order valence-corrected chi connectivity index (χ0v) is 13.6. The molecule has 0 aromatic heterocycles. The Morgan fingerprint density at radius 3 is 2.41 bits per heavy atom. The Morgan fingerprint density at radius 1 is 1.18 bits per heavy atom. The van der Waals surface area contributed by atoms with Gasteiger partial charge < -0.3 is 10.2 Å². The number of nitrogens with zero attached hydrogens (tertiary/aromatic N) is 1. The zero-order valence-electron chi connectivity index (χ0n) is 13.6. The number of rotatable bonds is 5. The number of hydrogen-bond acceptors (Lipinski definition) is 2. The lowest BCUT2D eigenvalue weighted by Gasteiger charge is -2.38. The fraction of sp³-hybridized carbons (Fsp3) is 0.556. The Kier molecular flexibility index (Phi) is 5.58. The van der Waals surface area contributed by atoms with Gasteiger partial charge in [0.2, 0.25) is 11.8 Å². The summed E-state index contributed by atoms with van der Waals surface area (Å²) >= 11 is 0. The first-order valence-corrected chi connectivity index (χ1v) is 8.15. The molecule has 1 aliphatic heterocycles. The second-order valence-corrected chi connectivity index (χ2v) is 6.36. The van der Waals surface area contributed by atoms with Gasteiger partial charge in [-0.2, -0.15) is 0 Å². The molecule has 4 nitrogen and oxygen atoms in total. The summed E-state index contributed by atoms with van der Waals surface area (Å²) in [6.45, 7) is 5.97. The maximum atomic E-state index is 12.5. The van der Waals surface area contributed by atoms with Crippen LogP contribution in [0.2, 0.25) is 0 Å². The molecule has 1 heterocycles. The molecule has 0 saturated carbocycles. The van der Waals surface area contributed by atoms with Crippen LogP contribution in [-0.2, 0) is 16.1 Å². The third kappa shape index (κ3) is 4.09. The predicted molar refractivity (Wildman–Crippen MR) is 87.1 cm³/mol. The Bertz CT molecular complexity index is 505. The summed E-state index contributed by atoms with van der Waals surface area (Å²) in [5, 5.41) is 3.04. The summed E-state index contributed by atoms with van der Waals surface area (Å²) < 4.78 is 0. The van der Waals surface area contributed by atoms with Crippen LogP contribution in [-0.4, -0.2) is 29.8 Å². The normalized spacial score (nSPS) is 17.1. The van der Waals surface area contributed by atoms with Crippen LogP contribution in [0.25, 0.3) is 0 Å². The number of amides is 2. The van der Waals surface area contributed by atoms with Crippen molar-refractivity contribution >= 4 is 11.8 Å². The van der Waals surface area contributed by atoms with Crippen molar-refractivity contribution in [1.82, 2.24) is 10.2 Å². The first-order chi connectivity index (χ1) is 10.5. The van der Waals surface area contributed by atoms with Gasteiger partial charge in [-0.25, -0.2) is 0 Å². The van der Waals surface area contributed by atoms with Crippen LogP contribution in [0.4, 0.5) is 0 Å². The van der Waals surface area contributed by atoms with Gasteiger partial charge in [0.15, 0.2) is 0 Å². The van der Waals surface area contributed by atoms with Gasteiger partial charge in [-0.3, -0.25) is 9.59 Å². The van der Waals surface area contributed by atoms with E-state index in [1.165, 1.54) is 0 Å². The highest BCUT2D eigenvalue weighted by atomic mass is 16.2. The van der Waals surface area contributed by atoms with Crippen molar-refractivity contribution in [3.8, 4) is 0 Å². The first-order valence-electron chi connectivity index (χ1n) is 8.15. The van der Waals surface area contributed by atoms with Gasteiger partial charge >= 0.3 is 0 Å². The standard InChI is InChI=1S/C18H26N2O2/c1-3-7-16(21)20-12-10-18(2,11-13-20)17(22)19-14-15-8-5-4-6-9-15/h4-6,8-9H,3,7,10-14H2,1-2H3,(H,19,22). The summed E-state index contributed by atoms with van der Waals surface area (Å²) in [6.07, 6.45) is 2.97. The van der Waals surface area contributed by atoms with Crippen molar-refractivity contribution in [3.05, 3.63) is 35.9 Å². The third-order valence-corrected chi connectivity index (χ3v) is 4.53. The van der Waals surface area contributed by atoms with Crippen LogP contribution in [0.15, 0.2) is 30.3 Å². The van der Waals surface area contributed by atoms with Crippen molar-refractivity contribution in [2.75, 3.05) is 13.1 Å². The van der Waals surface area contributed by atoms with Gasteiger partial charge in [-0.1, -0.05) is 44.2 Å². The molecule has 0 aliphatic carbocycles. The highest BCUT2D eigenvalue weighted by Gasteiger charge is 2.37. The quantitative estimate of drug-likeness (QED) is 0.909. The van der Waals surface area contributed by atoms with E-state index in [1.807, 2.05) is 49.1 Å². The average Bonchev–Trinajstić information content (AvgIpc) is 2.54. The number of carbonyl (C=O) groups is 2. The minimum Gasteiger partial charge on any atom is -0.352 e. The summed E-state index contributed by atoms with van der Waals surface area (Å²) in [7, 11) is 0. The molecule has 1 aromatic carbocycles. The van der Waals surface area contributed by atoms with Crippen LogP contribution in [0.5, 0.6) is 0 Å². The number of carbonyl (C=O) groups excluding carboxylic acids is 2. The number of piperidine rings is 1. The van der Waals surface area contributed by atoms with E-state index >= 15 is 0 Å². The van der Waals surface area contributed by atoms with Crippen LogP contribution < -0.4 is 5.32 Å². The van der Waals surface area contributed by atoms with Gasteiger partial charge in [0, 0.05) is 31.5 Å². The van der Waals surface area contributed by atoms with Crippen LogP contribution >= 0.6 is 0 Å². The van der Waals surface area contributed by atoms with Gasteiger partial charge in [0.05, 0.1) is 0 Å². The van der Waals surface area contributed by atoms with Crippen molar-refractivity contribution in [2.24, 2.45) is 5.41 Å². The summed E-state index contributed by atoms with van der Waals surface area (Å²) in [6, 6.07) is 9.93. The molecule has 1 aliphatic rings. The number of likely N-dealkylation sites (tertiary alicyclic amines) is 1. The molecule has 2 amide bonds. The Labute approximate surface area is 132 Å². The largest absolute Gasteiger partial charge is 0.352 e. The maximum Gasteiger partial charge on any atom is 0.226 e. The molecule has 22 heavy (non-hydrogen) atoms. The zero-order chi connectivity index (χ0) is 16.0. The molecule has 1 fully saturated rings. The number of hydrogen-bond donors (Lipinski definition) is 1. The summed E-state index contributed by atoms with van der Waals surface area (Å²) in [5.74, 6) is 0.313. The van der Waals surface area contributed by atoms with Crippen molar-refractivity contribution in [1.29, 1.82) is 0 Å². The molecule has 1 N–H and O–H groups in total. The van der Waals surface area contributed by atoms with Crippen molar-refractivity contribution < 1.29 is 9.59 Å². The molecule has 0 radical (unpaired) electrons. The van der Waals surface area contributed by atoms with E-state index in [0.29, 0.717) is 26.1 Å². The molecule has 0 bridgehead atoms. The lowest BCUT2D eigenvalue weighted by atomic mass is 9.79. The number of benzene rings is 1. The molecule has 2 rings (SSSR count). The van der Waals surface area contributed by atoms with Crippen molar-refractivity contribution in [2.45, 2.75) is 46.1 Å². The van der Waals surface area contributed by atoms with Gasteiger partial charge in [-0.15, -0.1) is 0 Å². The van der Waals surface area contributed by atoms with E-state index in [1.54, 1.807) is 0 Å². The summed E-state index contributed by atoms with van der Waals surface area (Å²) in [4.78, 5) is 26.3. The Hall–Kier alpha value is -1.84. The average molecular weight is 302 g/mol. The molecule has 120 valence electrons. The molecule has 0 unspecified atom stereocenters. The van der Waals surface area contributed by atoms with E-state index in [9.17, 15) is 9.59 Å². The second-order valence-electron chi connectivity index (χ2n) is 6.36. The Morgan fingerprint density at radius 2 is 1.82 bits per heavy atom. The first kappa shape index (κ1) is 16.5. The van der Waals surface area contributed by atoms with E-state index in [4.69, 9.17) is 0 Å². The molecule has 1 saturated heterocycles. The SMILES string of the molecule is CCCC(=O)N1CCC(C)(C(=O)NCc2ccccc2)CC1. The van der Waals surface area contributed by atoms with E-state index in [-0.39, 0.29) is 17.2 Å². The van der Waals surface area contributed by atoms with Crippen LogP contribution in [0.1, 0.15) is 45.1 Å². The lowest BCUT2D eigenvalue weighted by Crippen LogP contribution is -2.48. The third-order valence-electron chi connectivity index (χ3n) is 4.53. The number of nitrogens with one attached hydrogen (secondary N) is 1. The lowest BCUT2D eigenvalue weighted by molar-refractivity contribution is -0.139. The fourth-order valence-electron chi connectivity index (χ4n) is 2.84. The van der Waals surface area contributed by atoms with E-state index < -0.39 is 0 Å². The predicted octanol–water partition coefficient (Wildman–Crippen LogP) is 2.73. The topological polar surface area (TPSA) is 49.4 Å². The maximum absolute atomic E-state index is 12.5. The molecular weight excluding hydrogens is 276 g/mol. The van der Waals surface area contributed by atoms with E-state index in [0.717, 1.165) is 24.8 Å². The second kappa shape index (κ2) is 7.43. The molecule has 0 atom stereocenters.